The second-order valence-corrected chi connectivity index (χ2v) is 2.93. The number of primary amides is 1. The normalized spacial score (nSPS) is 10.3. The van der Waals surface area contributed by atoms with E-state index in [1.54, 1.807) is 18.3 Å². The van der Waals surface area contributed by atoms with Crippen LogP contribution in [-0.4, -0.2) is 16.0 Å². The molecule has 2 aromatic rings. The molecular formula is C10H8N2O2. The van der Waals surface area contributed by atoms with Crippen molar-refractivity contribution < 1.29 is 9.90 Å². The van der Waals surface area contributed by atoms with Gasteiger partial charge in [-0.1, -0.05) is 6.07 Å². The quantitative estimate of drug-likeness (QED) is 0.701. The molecule has 14 heavy (non-hydrogen) atoms. The number of hydrogen-bond acceptors (Lipinski definition) is 3. The number of aromatic hydroxyl groups is 1. The van der Waals surface area contributed by atoms with Crippen molar-refractivity contribution in [3.05, 3.63) is 36.0 Å². The van der Waals surface area contributed by atoms with Gasteiger partial charge in [-0.3, -0.25) is 9.78 Å². The molecule has 4 heteroatoms. The van der Waals surface area contributed by atoms with E-state index in [-0.39, 0.29) is 11.3 Å². The van der Waals surface area contributed by atoms with Crippen molar-refractivity contribution in [2.75, 3.05) is 0 Å². The van der Waals surface area contributed by atoms with Crippen LogP contribution in [0.1, 0.15) is 10.4 Å². The molecular weight excluding hydrogens is 180 g/mol. The van der Waals surface area contributed by atoms with Crippen LogP contribution in [0.2, 0.25) is 0 Å². The zero-order valence-corrected chi connectivity index (χ0v) is 7.27. The first-order chi connectivity index (χ1) is 6.68. The molecule has 1 aromatic carbocycles. The summed E-state index contributed by atoms with van der Waals surface area (Å²) in [6, 6.07) is 6.51. The minimum Gasteiger partial charge on any atom is -0.507 e. The van der Waals surface area contributed by atoms with Crippen LogP contribution in [0, 0.1) is 0 Å². The lowest BCUT2D eigenvalue weighted by atomic mass is 10.1. The Morgan fingerprint density at radius 3 is 2.93 bits per heavy atom. The Morgan fingerprint density at radius 1 is 1.43 bits per heavy atom. The molecule has 0 aliphatic rings. The van der Waals surface area contributed by atoms with E-state index in [0.29, 0.717) is 5.52 Å². The Balaban J connectivity index is 2.77. The number of carbonyl (C=O) groups is 1. The first-order valence-corrected chi connectivity index (χ1v) is 4.06. The lowest BCUT2D eigenvalue weighted by molar-refractivity contribution is 0.0998. The van der Waals surface area contributed by atoms with E-state index in [9.17, 15) is 9.90 Å². The lowest BCUT2D eigenvalue weighted by Gasteiger charge is -2.02. The van der Waals surface area contributed by atoms with Crippen molar-refractivity contribution in [1.82, 2.24) is 4.98 Å². The van der Waals surface area contributed by atoms with Crippen LogP contribution in [0.4, 0.5) is 0 Å². The SMILES string of the molecule is NC(=O)c1cc2cccnc2cc1O. The number of hydrogen-bond donors (Lipinski definition) is 2. The van der Waals surface area contributed by atoms with Gasteiger partial charge in [0.2, 0.25) is 0 Å². The maximum Gasteiger partial charge on any atom is 0.252 e. The highest BCUT2D eigenvalue weighted by molar-refractivity contribution is 5.99. The van der Waals surface area contributed by atoms with Crippen LogP contribution < -0.4 is 5.73 Å². The van der Waals surface area contributed by atoms with Crippen molar-refractivity contribution in [2.24, 2.45) is 5.73 Å². The Bertz CT molecular complexity index is 508. The van der Waals surface area contributed by atoms with Crippen molar-refractivity contribution in [3.8, 4) is 5.75 Å². The number of phenols is 1. The van der Waals surface area contributed by atoms with Gasteiger partial charge in [0.05, 0.1) is 11.1 Å². The number of nitrogens with two attached hydrogens (primary N) is 1. The smallest absolute Gasteiger partial charge is 0.252 e. The fraction of sp³-hybridized carbons (Fsp3) is 0. The zero-order chi connectivity index (χ0) is 10.1. The molecule has 1 amide bonds. The Kier molecular flexibility index (Phi) is 1.81. The van der Waals surface area contributed by atoms with Crippen LogP contribution in [0.15, 0.2) is 30.5 Å². The maximum absolute atomic E-state index is 10.9. The van der Waals surface area contributed by atoms with Crippen molar-refractivity contribution in [1.29, 1.82) is 0 Å². The zero-order valence-electron chi connectivity index (χ0n) is 7.27. The molecule has 2 rings (SSSR count). The maximum atomic E-state index is 10.9. The van der Waals surface area contributed by atoms with E-state index in [0.717, 1.165) is 5.39 Å². The number of carbonyl (C=O) groups excluding carboxylic acids is 1. The van der Waals surface area contributed by atoms with Crippen LogP contribution >= 0.6 is 0 Å². The van der Waals surface area contributed by atoms with E-state index >= 15 is 0 Å². The summed E-state index contributed by atoms with van der Waals surface area (Å²) in [5, 5.41) is 10.2. The molecule has 0 aliphatic heterocycles. The number of rotatable bonds is 1. The summed E-state index contributed by atoms with van der Waals surface area (Å²) in [6.45, 7) is 0. The Hall–Kier alpha value is -2.10. The average Bonchev–Trinajstić information content (AvgIpc) is 2.16. The molecule has 0 aliphatic carbocycles. The third-order valence-electron chi connectivity index (χ3n) is 1.99. The topological polar surface area (TPSA) is 76.2 Å². The van der Waals surface area contributed by atoms with Crippen molar-refractivity contribution in [2.45, 2.75) is 0 Å². The minimum atomic E-state index is -0.645. The number of nitrogens with zero attached hydrogens (tertiary/aromatic N) is 1. The molecule has 0 saturated heterocycles. The molecule has 0 atom stereocenters. The first-order valence-electron chi connectivity index (χ1n) is 4.06. The molecule has 1 aromatic heterocycles. The molecule has 70 valence electrons. The number of pyridine rings is 1. The van der Waals surface area contributed by atoms with E-state index < -0.39 is 5.91 Å². The van der Waals surface area contributed by atoms with Gasteiger partial charge in [-0.2, -0.15) is 0 Å². The van der Waals surface area contributed by atoms with Crippen LogP contribution in [-0.2, 0) is 0 Å². The number of amides is 1. The van der Waals surface area contributed by atoms with Gasteiger partial charge in [-0.05, 0) is 12.1 Å². The standard InChI is InChI=1S/C10H8N2O2/c11-10(14)7-4-6-2-1-3-12-8(6)5-9(7)13/h1-5,13H,(H2,11,14). The number of benzene rings is 1. The predicted molar refractivity (Wildman–Crippen MR) is 51.9 cm³/mol. The number of fused-ring (bicyclic) bond motifs is 1. The summed E-state index contributed by atoms with van der Waals surface area (Å²) in [6.07, 6.45) is 1.62. The molecule has 0 radical (unpaired) electrons. The Labute approximate surface area is 80.0 Å². The second-order valence-electron chi connectivity index (χ2n) is 2.93. The van der Waals surface area contributed by atoms with Gasteiger partial charge >= 0.3 is 0 Å². The highest BCUT2D eigenvalue weighted by Crippen LogP contribution is 2.22. The summed E-state index contributed by atoms with van der Waals surface area (Å²) in [5.41, 5.74) is 5.84. The monoisotopic (exact) mass is 188 g/mol. The largest absolute Gasteiger partial charge is 0.507 e. The molecule has 0 spiro atoms. The summed E-state index contributed by atoms with van der Waals surface area (Å²) < 4.78 is 0. The third-order valence-corrected chi connectivity index (χ3v) is 1.99. The van der Waals surface area contributed by atoms with Gasteiger partial charge < -0.3 is 10.8 Å². The van der Waals surface area contributed by atoms with Crippen molar-refractivity contribution >= 4 is 16.8 Å². The highest BCUT2D eigenvalue weighted by Gasteiger charge is 2.08. The first kappa shape index (κ1) is 8.50. The molecule has 0 saturated carbocycles. The van der Waals surface area contributed by atoms with Gasteiger partial charge in [0.25, 0.3) is 5.91 Å². The van der Waals surface area contributed by atoms with E-state index in [1.807, 2.05) is 0 Å². The molecule has 1 heterocycles. The highest BCUT2D eigenvalue weighted by atomic mass is 16.3. The van der Waals surface area contributed by atoms with E-state index in [1.165, 1.54) is 12.1 Å². The lowest BCUT2D eigenvalue weighted by Crippen LogP contribution is -2.10. The minimum absolute atomic E-state index is 0.116. The van der Waals surface area contributed by atoms with Gasteiger partial charge in [-0.25, -0.2) is 0 Å². The van der Waals surface area contributed by atoms with Gasteiger partial charge in [0, 0.05) is 17.6 Å². The predicted octanol–water partition coefficient (Wildman–Crippen LogP) is 1.04. The fourth-order valence-electron chi connectivity index (χ4n) is 1.31. The molecule has 4 nitrogen and oxygen atoms in total. The second kappa shape index (κ2) is 2.99. The molecule has 0 bridgehead atoms. The molecule has 0 fully saturated rings. The number of aromatic nitrogens is 1. The summed E-state index contributed by atoms with van der Waals surface area (Å²) in [7, 11) is 0. The molecule has 3 N–H and O–H groups in total. The Morgan fingerprint density at radius 2 is 2.21 bits per heavy atom. The summed E-state index contributed by atoms with van der Waals surface area (Å²) >= 11 is 0. The van der Waals surface area contributed by atoms with Gasteiger partial charge in [0.1, 0.15) is 5.75 Å². The fourth-order valence-corrected chi connectivity index (χ4v) is 1.31. The summed E-state index contributed by atoms with van der Waals surface area (Å²) in [4.78, 5) is 14.9. The van der Waals surface area contributed by atoms with E-state index in [2.05, 4.69) is 4.98 Å². The summed E-state index contributed by atoms with van der Waals surface area (Å²) in [5.74, 6) is -0.781. The third kappa shape index (κ3) is 1.26. The van der Waals surface area contributed by atoms with Crippen LogP contribution in [0.25, 0.3) is 10.9 Å². The average molecular weight is 188 g/mol. The van der Waals surface area contributed by atoms with Gasteiger partial charge in [-0.15, -0.1) is 0 Å². The van der Waals surface area contributed by atoms with Crippen LogP contribution in [0.3, 0.4) is 0 Å². The van der Waals surface area contributed by atoms with E-state index in [4.69, 9.17) is 5.73 Å². The van der Waals surface area contributed by atoms with Gasteiger partial charge in [0.15, 0.2) is 0 Å². The van der Waals surface area contributed by atoms with Crippen LogP contribution in [0.5, 0.6) is 5.75 Å². The van der Waals surface area contributed by atoms with Crippen molar-refractivity contribution in [3.63, 3.8) is 0 Å². The molecule has 0 unspecified atom stereocenters.